The number of likely N-dealkylation sites (tertiary alicyclic amines) is 1. The van der Waals surface area contributed by atoms with Crippen molar-refractivity contribution < 1.29 is 33.8 Å². The zero-order valence-corrected chi connectivity index (χ0v) is 32.4. The third-order valence-electron chi connectivity index (χ3n) is 10.7. The predicted molar refractivity (Wildman–Crippen MR) is 209 cm³/mol. The van der Waals surface area contributed by atoms with Gasteiger partial charge in [-0.25, -0.2) is 0 Å². The number of allylic oxidation sites excluding steroid dienone is 1. The average molecular weight is 794 g/mol. The molecule has 0 radical (unpaired) electrons. The van der Waals surface area contributed by atoms with E-state index in [0.717, 1.165) is 24.3 Å². The zero-order valence-electron chi connectivity index (χ0n) is 30.8. The quantitative estimate of drug-likeness (QED) is 0.0798. The molecule has 3 fully saturated rings. The van der Waals surface area contributed by atoms with Crippen LogP contribution in [0.1, 0.15) is 64.0 Å². The molecule has 12 heteroatoms. The predicted octanol–water partition coefficient (Wildman–Crippen LogP) is 5.33. The standard InChI is InChI=1S/C41H53BrN4O7/c1-5-9-18-33(48)52-27-32(28-16-12-10-13-17-28)43-38(49)34-35-39(50)46(24-14-11-15-25-47)37(41(35)26-31(42)36(34)53-41)40(51)45(23-6-2)30-21-19-29(20-22-30)44(7-3)8-4/h5-6,10,12-13,16-17,19-22,31-32,34-37,47H,1-2,7-9,11,14-15,18,23-27H2,3-4H3,(H,43,49)/t31?,32-,34-,35+,36-,37-,41+/m0/s1. The van der Waals surface area contributed by atoms with Gasteiger partial charge in [-0.2, -0.15) is 0 Å². The number of amides is 3. The summed E-state index contributed by atoms with van der Waals surface area (Å²) in [5, 5.41) is 12.5. The van der Waals surface area contributed by atoms with Gasteiger partial charge >= 0.3 is 5.97 Å². The molecule has 3 saturated heterocycles. The summed E-state index contributed by atoms with van der Waals surface area (Å²) in [5.41, 5.74) is 1.20. The van der Waals surface area contributed by atoms with Crippen LogP contribution in [0.4, 0.5) is 11.4 Å². The van der Waals surface area contributed by atoms with Crippen LogP contribution in [0, 0.1) is 11.8 Å². The summed E-state index contributed by atoms with van der Waals surface area (Å²) in [4.78, 5) is 61.8. The molecule has 11 nitrogen and oxygen atoms in total. The molecular weight excluding hydrogens is 740 g/mol. The lowest BCUT2D eigenvalue weighted by atomic mass is 9.70. The summed E-state index contributed by atoms with van der Waals surface area (Å²) in [5.74, 6) is -3.21. The minimum Gasteiger partial charge on any atom is -0.463 e. The number of nitrogens with zero attached hydrogens (tertiary/aromatic N) is 3. The van der Waals surface area contributed by atoms with Gasteiger partial charge in [-0.3, -0.25) is 19.2 Å². The van der Waals surface area contributed by atoms with Crippen molar-refractivity contribution in [3.63, 3.8) is 0 Å². The van der Waals surface area contributed by atoms with Crippen molar-refractivity contribution in [1.29, 1.82) is 0 Å². The lowest BCUT2D eigenvalue weighted by Crippen LogP contribution is -2.57. The molecule has 3 aliphatic rings. The number of carbonyl (C=O) groups is 4. The van der Waals surface area contributed by atoms with Gasteiger partial charge in [0.05, 0.1) is 24.0 Å². The minimum atomic E-state index is -1.26. The molecule has 2 aromatic rings. The molecule has 53 heavy (non-hydrogen) atoms. The fraction of sp³-hybridized carbons (Fsp3) is 0.512. The molecule has 2 bridgehead atoms. The van der Waals surface area contributed by atoms with Crippen LogP contribution in [-0.4, -0.2) is 95.7 Å². The smallest absolute Gasteiger partial charge is 0.306 e. The summed E-state index contributed by atoms with van der Waals surface area (Å²) in [6.45, 7) is 13.9. The van der Waals surface area contributed by atoms with E-state index in [-0.39, 0.29) is 49.4 Å². The number of unbranched alkanes of at least 4 members (excludes halogenated alkanes) is 2. The third-order valence-corrected chi connectivity index (χ3v) is 11.6. The van der Waals surface area contributed by atoms with Crippen LogP contribution in [0.5, 0.6) is 0 Å². The van der Waals surface area contributed by atoms with Crippen LogP contribution in [0.3, 0.4) is 0 Å². The number of benzene rings is 2. The molecule has 0 aromatic heterocycles. The number of anilines is 2. The molecule has 3 aliphatic heterocycles. The van der Waals surface area contributed by atoms with Crippen molar-refractivity contribution in [2.45, 2.75) is 81.0 Å². The monoisotopic (exact) mass is 792 g/mol. The Morgan fingerprint density at radius 1 is 1.06 bits per heavy atom. The van der Waals surface area contributed by atoms with Gasteiger partial charge in [0.2, 0.25) is 11.8 Å². The molecular formula is C41H53BrN4O7. The van der Waals surface area contributed by atoms with E-state index >= 15 is 0 Å². The van der Waals surface area contributed by atoms with Gasteiger partial charge in [-0.1, -0.05) is 58.4 Å². The van der Waals surface area contributed by atoms with E-state index in [1.807, 2.05) is 54.6 Å². The van der Waals surface area contributed by atoms with Gasteiger partial charge in [0.25, 0.3) is 5.91 Å². The minimum absolute atomic E-state index is 0.0317. The van der Waals surface area contributed by atoms with Crippen molar-refractivity contribution in [3.8, 4) is 0 Å². The first-order chi connectivity index (χ1) is 25.6. The molecule has 2 N–H and O–H groups in total. The number of hydrogen-bond donors (Lipinski definition) is 2. The van der Waals surface area contributed by atoms with Crippen molar-refractivity contribution in [2.24, 2.45) is 11.8 Å². The van der Waals surface area contributed by atoms with Gasteiger partial charge in [-0.15, -0.1) is 13.2 Å². The van der Waals surface area contributed by atoms with E-state index in [1.165, 1.54) is 0 Å². The average Bonchev–Trinajstić information content (AvgIpc) is 3.77. The maximum Gasteiger partial charge on any atom is 0.306 e. The first-order valence-corrected chi connectivity index (χ1v) is 19.7. The Balaban J connectivity index is 1.47. The topological polar surface area (TPSA) is 129 Å². The number of alkyl halides is 1. The van der Waals surface area contributed by atoms with E-state index < -0.39 is 47.5 Å². The molecule has 0 aliphatic carbocycles. The van der Waals surface area contributed by atoms with Crippen LogP contribution in [0.15, 0.2) is 79.9 Å². The highest BCUT2D eigenvalue weighted by molar-refractivity contribution is 9.09. The number of ether oxygens (including phenoxy) is 2. The van der Waals surface area contributed by atoms with E-state index in [9.17, 15) is 24.3 Å². The molecule has 1 unspecified atom stereocenters. The van der Waals surface area contributed by atoms with E-state index in [0.29, 0.717) is 37.8 Å². The van der Waals surface area contributed by atoms with Gasteiger partial charge in [0, 0.05) is 55.4 Å². The van der Waals surface area contributed by atoms with Crippen molar-refractivity contribution >= 4 is 51.0 Å². The number of esters is 1. The number of hydrogen-bond acceptors (Lipinski definition) is 8. The third kappa shape index (κ3) is 8.39. The number of halogens is 1. The van der Waals surface area contributed by atoms with Crippen LogP contribution in [0.25, 0.3) is 0 Å². The highest BCUT2D eigenvalue weighted by atomic mass is 79.9. The SMILES string of the molecule is C=CCCC(=O)OC[C@H](NC(=O)[C@@H]1[C@H]2O[C@@]3(CC2Br)[C@H](C(=O)N(CC=C)c2ccc(N(CC)CC)cc2)N(CCCCCO)C(=O)[C@@H]13)c1ccccc1. The summed E-state index contributed by atoms with van der Waals surface area (Å²) in [6, 6.07) is 15.4. The van der Waals surface area contributed by atoms with Gasteiger partial charge in [0.15, 0.2) is 0 Å². The van der Waals surface area contributed by atoms with E-state index in [4.69, 9.17) is 9.47 Å². The maximum absolute atomic E-state index is 15.0. The number of rotatable bonds is 20. The molecule has 1 spiro atoms. The summed E-state index contributed by atoms with van der Waals surface area (Å²) >= 11 is 3.77. The summed E-state index contributed by atoms with van der Waals surface area (Å²) in [6.07, 6.45) is 5.48. The molecule has 3 heterocycles. The van der Waals surface area contributed by atoms with Crippen LogP contribution >= 0.6 is 15.9 Å². The normalized spacial score (nSPS) is 24.7. The Hall–Kier alpha value is -4.00. The second kappa shape index (κ2) is 18.4. The van der Waals surface area contributed by atoms with Crippen molar-refractivity contribution in [2.75, 3.05) is 49.2 Å². The fourth-order valence-electron chi connectivity index (χ4n) is 8.19. The Labute approximate surface area is 321 Å². The van der Waals surface area contributed by atoms with Crippen LogP contribution in [0.2, 0.25) is 0 Å². The molecule has 0 saturated carbocycles. The second-order valence-electron chi connectivity index (χ2n) is 13.9. The van der Waals surface area contributed by atoms with E-state index in [1.54, 1.807) is 22.0 Å². The van der Waals surface area contributed by atoms with Crippen LogP contribution < -0.4 is 15.1 Å². The van der Waals surface area contributed by atoms with E-state index in [2.05, 4.69) is 53.2 Å². The summed E-state index contributed by atoms with van der Waals surface area (Å²) < 4.78 is 12.4. The summed E-state index contributed by atoms with van der Waals surface area (Å²) in [7, 11) is 0. The highest BCUT2D eigenvalue weighted by Crippen LogP contribution is 2.60. The number of aliphatic hydroxyl groups is 1. The first-order valence-electron chi connectivity index (χ1n) is 18.8. The Bertz CT molecular complexity index is 1600. The second-order valence-corrected chi connectivity index (χ2v) is 15.1. The van der Waals surface area contributed by atoms with Crippen LogP contribution in [-0.2, 0) is 28.7 Å². The highest BCUT2D eigenvalue weighted by Gasteiger charge is 2.76. The largest absolute Gasteiger partial charge is 0.463 e. The Morgan fingerprint density at radius 3 is 2.40 bits per heavy atom. The Kier molecular flexibility index (Phi) is 13.9. The fourth-order valence-corrected chi connectivity index (χ4v) is 9.14. The number of nitrogens with one attached hydrogen (secondary N) is 1. The molecule has 7 atom stereocenters. The van der Waals surface area contributed by atoms with Crippen molar-refractivity contribution in [3.05, 3.63) is 85.5 Å². The maximum atomic E-state index is 15.0. The first kappa shape index (κ1) is 40.2. The molecule has 2 aromatic carbocycles. The molecule has 5 rings (SSSR count). The van der Waals surface area contributed by atoms with Gasteiger partial charge in [0.1, 0.15) is 18.2 Å². The van der Waals surface area contributed by atoms with Gasteiger partial charge in [-0.05, 0) is 75.8 Å². The molecule has 286 valence electrons. The Morgan fingerprint density at radius 2 is 1.75 bits per heavy atom. The zero-order chi connectivity index (χ0) is 38.1. The lowest BCUT2D eigenvalue weighted by molar-refractivity contribution is -0.145. The van der Waals surface area contributed by atoms with Crippen molar-refractivity contribution in [1.82, 2.24) is 10.2 Å². The molecule has 3 amide bonds. The van der Waals surface area contributed by atoms with Gasteiger partial charge < -0.3 is 34.6 Å². The number of aliphatic hydroxyl groups excluding tert-OH is 1. The number of carbonyl (C=O) groups excluding carboxylic acids is 4. The number of fused-ring (bicyclic) bond motifs is 1. The lowest BCUT2D eigenvalue weighted by Gasteiger charge is -2.37.